The fourth-order valence-electron chi connectivity index (χ4n) is 1.67. The van der Waals surface area contributed by atoms with Crippen molar-refractivity contribution in [2.24, 2.45) is 0 Å². The van der Waals surface area contributed by atoms with Gasteiger partial charge in [-0.25, -0.2) is 0 Å². The molecule has 2 aromatic rings. The first-order valence-corrected chi connectivity index (χ1v) is 6.23. The SMILES string of the molecule is Nc1ccc(Oc2cccc(C(F)(F)F)c2)c(CCl)c1. The fraction of sp³-hybridized carbons (Fsp3) is 0.143. The summed E-state index contributed by atoms with van der Waals surface area (Å²) < 4.78 is 43.3. The van der Waals surface area contributed by atoms with Gasteiger partial charge in [0.15, 0.2) is 0 Å². The molecule has 0 aromatic heterocycles. The summed E-state index contributed by atoms with van der Waals surface area (Å²) in [4.78, 5) is 0. The third-order valence-electron chi connectivity index (χ3n) is 2.62. The van der Waals surface area contributed by atoms with E-state index in [-0.39, 0.29) is 11.6 Å². The van der Waals surface area contributed by atoms with E-state index in [4.69, 9.17) is 22.1 Å². The summed E-state index contributed by atoms with van der Waals surface area (Å²) >= 11 is 5.76. The smallest absolute Gasteiger partial charge is 0.416 e. The molecule has 106 valence electrons. The van der Waals surface area contributed by atoms with Gasteiger partial charge in [0.1, 0.15) is 11.5 Å². The lowest BCUT2D eigenvalue weighted by Gasteiger charge is -2.12. The number of hydrogen-bond acceptors (Lipinski definition) is 2. The van der Waals surface area contributed by atoms with Gasteiger partial charge in [0.2, 0.25) is 0 Å². The summed E-state index contributed by atoms with van der Waals surface area (Å²) in [5, 5.41) is 0. The second-order valence-corrected chi connectivity index (χ2v) is 4.40. The van der Waals surface area contributed by atoms with Crippen LogP contribution in [0.1, 0.15) is 11.1 Å². The van der Waals surface area contributed by atoms with E-state index in [9.17, 15) is 13.2 Å². The summed E-state index contributed by atoms with van der Waals surface area (Å²) in [6.07, 6.45) is -4.41. The van der Waals surface area contributed by atoms with Crippen LogP contribution in [0.5, 0.6) is 11.5 Å². The minimum atomic E-state index is -4.41. The molecule has 0 saturated heterocycles. The largest absolute Gasteiger partial charge is 0.457 e. The number of hydrogen-bond donors (Lipinski definition) is 1. The first-order chi connectivity index (χ1) is 9.40. The van der Waals surface area contributed by atoms with E-state index in [2.05, 4.69) is 0 Å². The van der Waals surface area contributed by atoms with Gasteiger partial charge in [0.25, 0.3) is 0 Å². The molecule has 0 amide bonds. The normalized spacial score (nSPS) is 11.4. The monoisotopic (exact) mass is 301 g/mol. The van der Waals surface area contributed by atoms with Gasteiger partial charge in [-0.2, -0.15) is 13.2 Å². The van der Waals surface area contributed by atoms with Gasteiger partial charge >= 0.3 is 6.18 Å². The van der Waals surface area contributed by atoms with Crippen molar-refractivity contribution in [2.45, 2.75) is 12.1 Å². The van der Waals surface area contributed by atoms with E-state index in [0.717, 1.165) is 12.1 Å². The maximum Gasteiger partial charge on any atom is 0.416 e. The molecular weight excluding hydrogens is 291 g/mol. The first kappa shape index (κ1) is 14.5. The number of rotatable bonds is 3. The third-order valence-corrected chi connectivity index (χ3v) is 2.91. The highest BCUT2D eigenvalue weighted by Gasteiger charge is 2.30. The van der Waals surface area contributed by atoms with Crippen LogP contribution in [0.2, 0.25) is 0 Å². The van der Waals surface area contributed by atoms with Crippen molar-refractivity contribution in [2.75, 3.05) is 5.73 Å². The minimum absolute atomic E-state index is 0.0935. The number of halogens is 4. The van der Waals surface area contributed by atoms with Crippen LogP contribution in [0.4, 0.5) is 18.9 Å². The lowest BCUT2D eigenvalue weighted by atomic mass is 10.2. The minimum Gasteiger partial charge on any atom is -0.457 e. The summed E-state index contributed by atoms with van der Waals surface area (Å²) in [7, 11) is 0. The molecule has 20 heavy (non-hydrogen) atoms. The molecule has 2 N–H and O–H groups in total. The zero-order chi connectivity index (χ0) is 14.8. The van der Waals surface area contributed by atoms with Crippen molar-refractivity contribution in [1.82, 2.24) is 0 Å². The highest BCUT2D eigenvalue weighted by Crippen LogP contribution is 2.34. The zero-order valence-electron chi connectivity index (χ0n) is 10.2. The van der Waals surface area contributed by atoms with Crippen LogP contribution in [0, 0.1) is 0 Å². The molecule has 2 nitrogen and oxygen atoms in total. The van der Waals surface area contributed by atoms with Gasteiger partial charge < -0.3 is 10.5 Å². The van der Waals surface area contributed by atoms with Crippen LogP contribution in [0.15, 0.2) is 42.5 Å². The van der Waals surface area contributed by atoms with E-state index in [1.165, 1.54) is 12.1 Å². The molecule has 6 heteroatoms. The summed E-state index contributed by atoms with van der Waals surface area (Å²) in [6.45, 7) is 0. The number of alkyl halides is 4. The number of nitrogens with two attached hydrogens (primary N) is 1. The van der Waals surface area contributed by atoms with Crippen LogP contribution in [-0.4, -0.2) is 0 Å². The van der Waals surface area contributed by atoms with Crippen molar-refractivity contribution in [3.63, 3.8) is 0 Å². The second kappa shape index (κ2) is 5.63. The van der Waals surface area contributed by atoms with Crippen molar-refractivity contribution in [3.8, 4) is 11.5 Å². The Morgan fingerprint density at radius 2 is 1.85 bits per heavy atom. The van der Waals surface area contributed by atoms with Gasteiger partial charge in [0, 0.05) is 11.3 Å². The number of anilines is 1. The van der Waals surface area contributed by atoms with Gasteiger partial charge in [-0.3, -0.25) is 0 Å². The molecule has 0 aliphatic carbocycles. The maximum atomic E-state index is 12.6. The molecule has 2 aromatic carbocycles. The van der Waals surface area contributed by atoms with Crippen LogP contribution < -0.4 is 10.5 Å². The first-order valence-electron chi connectivity index (χ1n) is 5.69. The van der Waals surface area contributed by atoms with Crippen molar-refractivity contribution >= 4 is 17.3 Å². The average molecular weight is 302 g/mol. The highest BCUT2D eigenvalue weighted by molar-refractivity contribution is 6.17. The zero-order valence-corrected chi connectivity index (χ0v) is 11.0. The lowest BCUT2D eigenvalue weighted by molar-refractivity contribution is -0.137. The fourth-order valence-corrected chi connectivity index (χ4v) is 1.88. The van der Waals surface area contributed by atoms with Crippen LogP contribution in [0.3, 0.4) is 0 Å². The molecule has 0 atom stereocenters. The summed E-state index contributed by atoms with van der Waals surface area (Å²) in [5.74, 6) is 0.628. The molecule has 0 heterocycles. The Balaban J connectivity index is 2.31. The van der Waals surface area contributed by atoms with Crippen LogP contribution in [-0.2, 0) is 12.1 Å². The van der Waals surface area contributed by atoms with Gasteiger partial charge in [-0.05, 0) is 36.4 Å². The molecule has 0 aliphatic heterocycles. The topological polar surface area (TPSA) is 35.2 Å². The molecule has 0 saturated carbocycles. The third kappa shape index (κ3) is 3.36. The summed E-state index contributed by atoms with van der Waals surface area (Å²) in [6, 6.07) is 9.45. The molecular formula is C14H11ClF3NO. The average Bonchev–Trinajstić information content (AvgIpc) is 2.40. The predicted octanol–water partition coefficient (Wildman–Crippen LogP) is 4.82. The van der Waals surface area contributed by atoms with E-state index in [1.807, 2.05) is 0 Å². The number of benzene rings is 2. The standard InChI is InChI=1S/C14H11ClF3NO/c15-8-9-6-11(19)4-5-13(9)20-12-3-1-2-10(7-12)14(16,17)18/h1-7H,8,19H2. The Hall–Kier alpha value is -1.88. The van der Waals surface area contributed by atoms with Gasteiger partial charge in [-0.1, -0.05) is 6.07 Å². The van der Waals surface area contributed by atoms with Crippen molar-refractivity contribution in [3.05, 3.63) is 53.6 Å². The van der Waals surface area contributed by atoms with Gasteiger partial charge in [-0.15, -0.1) is 11.6 Å². The molecule has 0 aliphatic rings. The molecule has 0 fully saturated rings. The predicted molar refractivity (Wildman–Crippen MR) is 71.9 cm³/mol. The Kier molecular flexibility index (Phi) is 4.09. The molecule has 0 bridgehead atoms. The van der Waals surface area contributed by atoms with Gasteiger partial charge in [0.05, 0.1) is 11.4 Å². The van der Waals surface area contributed by atoms with E-state index in [1.54, 1.807) is 18.2 Å². The Morgan fingerprint density at radius 3 is 2.50 bits per heavy atom. The molecule has 0 spiro atoms. The van der Waals surface area contributed by atoms with E-state index < -0.39 is 11.7 Å². The van der Waals surface area contributed by atoms with E-state index >= 15 is 0 Å². The number of nitrogen functional groups attached to an aromatic ring is 1. The Bertz CT molecular complexity index is 614. The Morgan fingerprint density at radius 1 is 1.10 bits per heavy atom. The van der Waals surface area contributed by atoms with Crippen LogP contribution in [0.25, 0.3) is 0 Å². The van der Waals surface area contributed by atoms with Crippen molar-refractivity contribution < 1.29 is 17.9 Å². The summed E-state index contributed by atoms with van der Waals surface area (Å²) in [5.41, 5.74) is 5.97. The lowest BCUT2D eigenvalue weighted by Crippen LogP contribution is -2.04. The van der Waals surface area contributed by atoms with Crippen molar-refractivity contribution in [1.29, 1.82) is 0 Å². The van der Waals surface area contributed by atoms with Crippen LogP contribution >= 0.6 is 11.6 Å². The molecule has 0 unspecified atom stereocenters. The quantitative estimate of drug-likeness (QED) is 0.651. The second-order valence-electron chi connectivity index (χ2n) is 4.13. The number of ether oxygens (including phenoxy) is 1. The molecule has 0 radical (unpaired) electrons. The van der Waals surface area contributed by atoms with E-state index in [0.29, 0.717) is 17.0 Å². The highest BCUT2D eigenvalue weighted by atomic mass is 35.5. The maximum absolute atomic E-state index is 12.6. The Labute approximate surface area is 118 Å². The molecule has 2 rings (SSSR count).